The van der Waals surface area contributed by atoms with E-state index < -0.39 is 0 Å². The summed E-state index contributed by atoms with van der Waals surface area (Å²) >= 11 is 3.05. The number of carbonyl (C=O) groups excluding carboxylic acids is 1. The van der Waals surface area contributed by atoms with Gasteiger partial charge in [-0.3, -0.25) is 4.79 Å². The lowest BCUT2D eigenvalue weighted by Crippen LogP contribution is -2.28. The van der Waals surface area contributed by atoms with E-state index in [1.165, 1.54) is 11.3 Å². The Kier molecular flexibility index (Phi) is 4.86. The summed E-state index contributed by atoms with van der Waals surface area (Å²) < 4.78 is 0. The molecule has 0 saturated carbocycles. The first-order valence-corrected chi connectivity index (χ1v) is 8.11. The lowest BCUT2D eigenvalue weighted by atomic mass is 10.2. The van der Waals surface area contributed by atoms with Crippen LogP contribution in [0.1, 0.15) is 18.9 Å². The first-order valence-electron chi connectivity index (χ1n) is 6.18. The normalized spacial score (nSPS) is 20.6. The quantitative estimate of drug-likeness (QED) is 0.903. The van der Waals surface area contributed by atoms with Crippen molar-refractivity contribution < 1.29 is 9.90 Å². The predicted molar refractivity (Wildman–Crippen MR) is 78.5 cm³/mol. The molecule has 1 aliphatic heterocycles. The van der Waals surface area contributed by atoms with Gasteiger partial charge in [-0.2, -0.15) is 5.26 Å². The zero-order chi connectivity index (χ0) is 13.8. The number of thioether (sulfide) groups is 1. The largest absolute Gasteiger partial charge is 0.396 e. The molecule has 0 aromatic carbocycles. The van der Waals surface area contributed by atoms with Gasteiger partial charge in [0.15, 0.2) is 0 Å². The number of anilines is 1. The Bertz CT molecular complexity index is 495. The summed E-state index contributed by atoms with van der Waals surface area (Å²) in [4.78, 5) is 14.0. The van der Waals surface area contributed by atoms with Gasteiger partial charge in [-0.25, -0.2) is 0 Å². The number of carbonyl (C=O) groups is 1. The van der Waals surface area contributed by atoms with Crippen molar-refractivity contribution in [2.75, 3.05) is 23.8 Å². The zero-order valence-electron chi connectivity index (χ0n) is 10.7. The average Bonchev–Trinajstić information content (AvgIpc) is 3.02. The van der Waals surface area contributed by atoms with Gasteiger partial charge < -0.3 is 10.0 Å². The van der Waals surface area contributed by atoms with E-state index >= 15 is 0 Å². The van der Waals surface area contributed by atoms with Crippen LogP contribution in [0.5, 0.6) is 0 Å². The van der Waals surface area contributed by atoms with E-state index in [0.29, 0.717) is 12.1 Å². The van der Waals surface area contributed by atoms with E-state index in [1.54, 1.807) is 22.7 Å². The predicted octanol–water partition coefficient (Wildman–Crippen LogP) is 2.09. The maximum absolute atomic E-state index is 12.3. The highest BCUT2D eigenvalue weighted by molar-refractivity contribution is 8.00. The molecule has 6 heteroatoms. The minimum absolute atomic E-state index is 0.0392. The Hall–Kier alpha value is -1.03. The third-order valence-electron chi connectivity index (χ3n) is 3.06. The van der Waals surface area contributed by atoms with Crippen molar-refractivity contribution in [2.45, 2.75) is 18.6 Å². The number of aliphatic hydroxyl groups is 1. The smallest absolute Gasteiger partial charge is 0.240 e. The number of nitrogens with zero attached hydrogens (tertiary/aromatic N) is 2. The van der Waals surface area contributed by atoms with Crippen LogP contribution in [-0.2, 0) is 4.79 Å². The Labute approximate surface area is 121 Å². The van der Waals surface area contributed by atoms with Crippen molar-refractivity contribution in [1.29, 1.82) is 5.26 Å². The number of amides is 1. The molecular formula is C13H16N2O2S2. The van der Waals surface area contributed by atoms with Crippen molar-refractivity contribution in [3.8, 4) is 6.07 Å². The van der Waals surface area contributed by atoms with Gasteiger partial charge in [0.1, 0.15) is 11.1 Å². The van der Waals surface area contributed by atoms with Crippen LogP contribution in [0, 0.1) is 17.2 Å². The van der Waals surface area contributed by atoms with Crippen LogP contribution in [0.15, 0.2) is 11.4 Å². The standard InChI is InChI=1S/C13H16N2O2S2/c1-9(7-16)8-19-11-2-4-15(12(11)17)13-10(6-14)3-5-18-13/h3,5,9,11,16H,2,4,7-8H2,1H3. The molecular weight excluding hydrogens is 280 g/mol. The highest BCUT2D eigenvalue weighted by Crippen LogP contribution is 2.34. The third-order valence-corrected chi connectivity index (χ3v) is 5.60. The molecule has 102 valence electrons. The number of rotatable bonds is 5. The first kappa shape index (κ1) is 14.4. The summed E-state index contributed by atoms with van der Waals surface area (Å²) in [7, 11) is 0. The fraction of sp³-hybridized carbons (Fsp3) is 0.538. The molecule has 1 amide bonds. The van der Waals surface area contributed by atoms with Crippen LogP contribution >= 0.6 is 23.1 Å². The van der Waals surface area contributed by atoms with Gasteiger partial charge in [-0.15, -0.1) is 23.1 Å². The second kappa shape index (κ2) is 6.42. The molecule has 2 rings (SSSR count). The monoisotopic (exact) mass is 296 g/mol. The van der Waals surface area contributed by atoms with Crippen molar-refractivity contribution in [2.24, 2.45) is 5.92 Å². The van der Waals surface area contributed by atoms with Gasteiger partial charge in [0.05, 0.1) is 10.8 Å². The Balaban J connectivity index is 2.00. The van der Waals surface area contributed by atoms with Crippen LogP contribution in [0.4, 0.5) is 5.00 Å². The van der Waals surface area contributed by atoms with E-state index in [0.717, 1.165) is 17.2 Å². The van der Waals surface area contributed by atoms with Gasteiger partial charge in [0.2, 0.25) is 5.91 Å². The molecule has 1 saturated heterocycles. The van der Waals surface area contributed by atoms with Gasteiger partial charge in [0, 0.05) is 13.2 Å². The van der Waals surface area contributed by atoms with Crippen LogP contribution in [0.3, 0.4) is 0 Å². The minimum atomic E-state index is -0.0392. The summed E-state index contributed by atoms with van der Waals surface area (Å²) in [5.41, 5.74) is 0.577. The van der Waals surface area contributed by atoms with E-state index in [9.17, 15) is 4.79 Å². The molecule has 1 N–H and O–H groups in total. The fourth-order valence-electron chi connectivity index (χ4n) is 1.94. The SMILES string of the molecule is CC(CO)CSC1CCN(c2sccc2C#N)C1=O. The highest BCUT2D eigenvalue weighted by Gasteiger charge is 2.34. The van der Waals surface area contributed by atoms with Gasteiger partial charge in [-0.1, -0.05) is 6.92 Å². The topological polar surface area (TPSA) is 64.3 Å². The molecule has 4 nitrogen and oxygen atoms in total. The molecule has 2 unspecified atom stereocenters. The number of nitriles is 1. The van der Waals surface area contributed by atoms with Crippen molar-refractivity contribution in [3.05, 3.63) is 17.0 Å². The van der Waals surface area contributed by atoms with E-state index in [4.69, 9.17) is 10.4 Å². The van der Waals surface area contributed by atoms with Crippen LogP contribution < -0.4 is 4.90 Å². The van der Waals surface area contributed by atoms with Crippen molar-refractivity contribution in [3.63, 3.8) is 0 Å². The highest BCUT2D eigenvalue weighted by atomic mass is 32.2. The van der Waals surface area contributed by atoms with Crippen molar-refractivity contribution in [1.82, 2.24) is 0 Å². The maximum Gasteiger partial charge on any atom is 0.240 e. The van der Waals surface area contributed by atoms with Gasteiger partial charge in [-0.05, 0) is 29.5 Å². The zero-order valence-corrected chi connectivity index (χ0v) is 12.3. The molecule has 2 heterocycles. The third kappa shape index (κ3) is 3.11. The molecule has 0 radical (unpaired) electrons. The van der Waals surface area contributed by atoms with E-state index in [-0.39, 0.29) is 23.7 Å². The van der Waals surface area contributed by atoms with E-state index in [2.05, 4.69) is 6.07 Å². The molecule has 1 fully saturated rings. The van der Waals surface area contributed by atoms with Gasteiger partial charge in [0.25, 0.3) is 0 Å². The van der Waals surface area contributed by atoms with Crippen LogP contribution in [0.25, 0.3) is 0 Å². The first-order chi connectivity index (χ1) is 9.17. The molecule has 1 aromatic heterocycles. The summed E-state index contributed by atoms with van der Waals surface area (Å²) in [5, 5.41) is 20.6. The summed E-state index contributed by atoms with van der Waals surface area (Å²) in [6.45, 7) is 2.80. The van der Waals surface area contributed by atoms with Gasteiger partial charge >= 0.3 is 0 Å². The second-order valence-electron chi connectivity index (χ2n) is 4.64. The van der Waals surface area contributed by atoms with Crippen LogP contribution in [-0.4, -0.2) is 35.2 Å². The second-order valence-corrected chi connectivity index (χ2v) is 6.77. The number of hydrogen-bond donors (Lipinski definition) is 1. The Morgan fingerprint density at radius 1 is 1.74 bits per heavy atom. The van der Waals surface area contributed by atoms with E-state index in [1.807, 2.05) is 12.3 Å². The molecule has 1 aliphatic rings. The Morgan fingerprint density at radius 2 is 2.53 bits per heavy atom. The van der Waals surface area contributed by atoms with Crippen molar-refractivity contribution >= 4 is 34.0 Å². The molecule has 0 spiro atoms. The minimum Gasteiger partial charge on any atom is -0.396 e. The summed E-state index contributed by atoms with van der Waals surface area (Å²) in [6.07, 6.45) is 0.810. The Morgan fingerprint density at radius 3 is 3.21 bits per heavy atom. The molecule has 0 bridgehead atoms. The number of aliphatic hydroxyl groups excluding tert-OH is 1. The lowest BCUT2D eigenvalue weighted by Gasteiger charge is -2.15. The molecule has 1 aromatic rings. The molecule has 19 heavy (non-hydrogen) atoms. The van der Waals surface area contributed by atoms with Crippen LogP contribution in [0.2, 0.25) is 0 Å². The summed E-state index contributed by atoms with van der Waals surface area (Å²) in [6, 6.07) is 3.88. The number of hydrogen-bond acceptors (Lipinski definition) is 5. The molecule has 2 atom stereocenters. The summed E-state index contributed by atoms with van der Waals surface area (Å²) in [5.74, 6) is 1.09. The maximum atomic E-state index is 12.3. The lowest BCUT2D eigenvalue weighted by molar-refractivity contribution is -0.116. The molecule has 0 aliphatic carbocycles. The number of thiophene rings is 1. The average molecular weight is 296 g/mol. The fourth-order valence-corrected chi connectivity index (χ4v) is 4.03.